The number of aromatic nitrogens is 4. The van der Waals surface area contributed by atoms with Gasteiger partial charge in [0.25, 0.3) is 0 Å². The van der Waals surface area contributed by atoms with Gasteiger partial charge in [0.15, 0.2) is 17.2 Å². The van der Waals surface area contributed by atoms with Gasteiger partial charge in [-0.2, -0.15) is 15.1 Å². The van der Waals surface area contributed by atoms with E-state index in [0.29, 0.717) is 27.7 Å². The molecule has 34 heavy (non-hydrogen) atoms. The highest BCUT2D eigenvalue weighted by molar-refractivity contribution is 6.33. The van der Waals surface area contributed by atoms with E-state index in [-0.39, 0.29) is 23.2 Å². The van der Waals surface area contributed by atoms with Crippen molar-refractivity contribution in [2.24, 2.45) is 0 Å². The monoisotopic (exact) mass is 488 g/mol. The maximum atomic E-state index is 14.1. The summed E-state index contributed by atoms with van der Waals surface area (Å²) in [6.45, 7) is -0.537. The molecular weight excluding hydrogens is 470 g/mol. The van der Waals surface area contributed by atoms with Crippen molar-refractivity contribution in [3.63, 3.8) is 0 Å². The minimum atomic E-state index is -1.06. The van der Waals surface area contributed by atoms with Gasteiger partial charge in [-0.25, -0.2) is 8.78 Å². The molecule has 1 unspecified atom stereocenters. The Bertz CT molecular complexity index is 1360. The summed E-state index contributed by atoms with van der Waals surface area (Å²) < 4.78 is 32.8. The third-order valence-corrected chi connectivity index (χ3v) is 5.19. The SMILES string of the molecule is CN(C)C(=O)C(CO)Nc1nc(Oc2ccc(F)cc2F)nc2n[nH]c(-c3ccccc3Cl)c12. The van der Waals surface area contributed by atoms with Gasteiger partial charge in [-0.05, 0) is 18.2 Å². The maximum absolute atomic E-state index is 14.1. The number of carbonyl (C=O) groups excluding carboxylic acids is 1. The lowest BCUT2D eigenvalue weighted by Gasteiger charge is -2.21. The number of aliphatic hydroxyl groups excluding tert-OH is 1. The summed E-state index contributed by atoms with van der Waals surface area (Å²) >= 11 is 6.36. The fourth-order valence-corrected chi connectivity index (χ4v) is 3.46. The number of benzene rings is 2. The number of amides is 1. The number of rotatable bonds is 7. The molecule has 1 amide bonds. The molecule has 0 spiro atoms. The number of nitrogens with zero attached hydrogens (tertiary/aromatic N) is 4. The van der Waals surface area contributed by atoms with E-state index in [0.717, 1.165) is 12.1 Å². The molecule has 1 atom stereocenters. The summed E-state index contributed by atoms with van der Waals surface area (Å²) in [5.41, 5.74) is 1.17. The summed E-state index contributed by atoms with van der Waals surface area (Å²) in [6.07, 6.45) is 0. The second-order valence-electron chi connectivity index (χ2n) is 7.42. The van der Waals surface area contributed by atoms with E-state index in [9.17, 15) is 18.7 Å². The van der Waals surface area contributed by atoms with Crippen LogP contribution < -0.4 is 10.1 Å². The minimum absolute atomic E-state index is 0.0837. The second kappa shape index (κ2) is 9.57. The smallest absolute Gasteiger partial charge is 0.326 e. The van der Waals surface area contributed by atoms with Crippen LogP contribution in [0.3, 0.4) is 0 Å². The van der Waals surface area contributed by atoms with Crippen molar-refractivity contribution in [2.45, 2.75) is 6.04 Å². The Hall–Kier alpha value is -3.83. The number of nitrogens with one attached hydrogen (secondary N) is 2. The van der Waals surface area contributed by atoms with Crippen LogP contribution in [0.15, 0.2) is 42.5 Å². The van der Waals surface area contributed by atoms with Crippen molar-refractivity contribution >= 4 is 34.4 Å². The highest BCUT2D eigenvalue weighted by atomic mass is 35.5. The minimum Gasteiger partial charge on any atom is -0.421 e. The quantitative estimate of drug-likeness (QED) is 0.364. The van der Waals surface area contributed by atoms with Gasteiger partial charge in [-0.15, -0.1) is 0 Å². The molecule has 4 rings (SSSR count). The number of aliphatic hydroxyl groups is 1. The van der Waals surface area contributed by atoms with E-state index in [4.69, 9.17) is 16.3 Å². The van der Waals surface area contributed by atoms with Crippen LogP contribution in [0.2, 0.25) is 5.02 Å². The number of carbonyl (C=O) groups is 1. The van der Waals surface area contributed by atoms with Crippen molar-refractivity contribution in [3.05, 3.63) is 59.1 Å². The van der Waals surface area contributed by atoms with Gasteiger partial charge in [0.1, 0.15) is 17.7 Å². The van der Waals surface area contributed by atoms with E-state index < -0.39 is 30.2 Å². The Morgan fingerprint density at radius 1 is 1.24 bits per heavy atom. The standard InChI is InChI=1S/C22H19ClF2N6O3/c1-31(2)21(33)15(10-32)26-19-17-18(12-5-3-4-6-13(12)23)29-30-20(17)28-22(27-19)34-16-8-7-11(24)9-14(16)25/h3-9,15,32H,10H2,1-2H3,(H2,26,27,28,29,30). The molecule has 2 heterocycles. The molecule has 2 aromatic heterocycles. The third-order valence-electron chi connectivity index (χ3n) is 4.86. The summed E-state index contributed by atoms with van der Waals surface area (Å²) in [7, 11) is 3.09. The number of likely N-dealkylation sites (N-methyl/N-ethyl adjacent to an activating group) is 1. The molecule has 0 bridgehead atoms. The molecule has 9 nitrogen and oxygen atoms in total. The Kier molecular flexibility index (Phi) is 6.57. The van der Waals surface area contributed by atoms with E-state index in [1.165, 1.54) is 4.90 Å². The van der Waals surface area contributed by atoms with Gasteiger partial charge in [0.05, 0.1) is 17.7 Å². The molecule has 0 aliphatic heterocycles. The van der Waals surface area contributed by atoms with E-state index in [2.05, 4.69) is 25.5 Å². The fraction of sp³-hybridized carbons (Fsp3) is 0.182. The first-order valence-electron chi connectivity index (χ1n) is 10.0. The van der Waals surface area contributed by atoms with Crippen molar-refractivity contribution in [3.8, 4) is 23.0 Å². The summed E-state index contributed by atoms with van der Waals surface area (Å²) in [4.78, 5) is 22.3. The average Bonchev–Trinajstić information content (AvgIpc) is 3.23. The zero-order valence-corrected chi connectivity index (χ0v) is 18.8. The zero-order chi connectivity index (χ0) is 24.4. The molecule has 2 aromatic carbocycles. The summed E-state index contributed by atoms with van der Waals surface area (Å²) in [6, 6.07) is 8.40. The Morgan fingerprint density at radius 3 is 2.68 bits per heavy atom. The number of halogens is 3. The lowest BCUT2D eigenvalue weighted by atomic mass is 10.1. The lowest BCUT2D eigenvalue weighted by molar-refractivity contribution is -0.130. The van der Waals surface area contributed by atoms with E-state index >= 15 is 0 Å². The second-order valence-corrected chi connectivity index (χ2v) is 7.83. The van der Waals surface area contributed by atoms with Crippen LogP contribution in [-0.2, 0) is 4.79 Å². The summed E-state index contributed by atoms with van der Waals surface area (Å²) in [5, 5.41) is 20.5. The number of H-pyrrole nitrogens is 1. The molecule has 3 N–H and O–H groups in total. The van der Waals surface area contributed by atoms with Crippen LogP contribution in [-0.4, -0.2) is 62.8 Å². The molecule has 0 saturated carbocycles. The topological polar surface area (TPSA) is 116 Å². The van der Waals surface area contributed by atoms with Crippen LogP contribution in [0.1, 0.15) is 0 Å². The molecule has 4 aromatic rings. The zero-order valence-electron chi connectivity index (χ0n) is 18.0. The third kappa shape index (κ3) is 4.61. The van der Waals surface area contributed by atoms with E-state index in [1.54, 1.807) is 38.4 Å². The van der Waals surface area contributed by atoms with Crippen LogP contribution in [0.25, 0.3) is 22.3 Å². The van der Waals surface area contributed by atoms with Crippen molar-refractivity contribution in [1.29, 1.82) is 0 Å². The van der Waals surface area contributed by atoms with Crippen LogP contribution >= 0.6 is 11.6 Å². The number of fused-ring (bicyclic) bond motifs is 1. The molecule has 0 radical (unpaired) electrons. The highest BCUT2D eigenvalue weighted by Gasteiger charge is 2.25. The predicted octanol–water partition coefficient (Wildman–Crippen LogP) is 3.60. The normalized spacial score (nSPS) is 11.9. The van der Waals surface area contributed by atoms with Gasteiger partial charge >= 0.3 is 6.01 Å². The molecule has 12 heteroatoms. The predicted molar refractivity (Wildman–Crippen MR) is 122 cm³/mol. The number of aromatic amines is 1. The van der Waals surface area contributed by atoms with E-state index in [1.807, 2.05) is 0 Å². The first-order chi connectivity index (χ1) is 16.3. The molecule has 0 aliphatic rings. The number of anilines is 1. The molecule has 0 fully saturated rings. The lowest BCUT2D eigenvalue weighted by Crippen LogP contribution is -2.41. The molecule has 0 aliphatic carbocycles. The van der Waals surface area contributed by atoms with Crippen molar-refractivity contribution in [2.75, 3.05) is 26.0 Å². The van der Waals surface area contributed by atoms with Crippen LogP contribution in [0.5, 0.6) is 11.8 Å². The number of hydrogen-bond acceptors (Lipinski definition) is 7. The Morgan fingerprint density at radius 2 is 2.00 bits per heavy atom. The fourth-order valence-electron chi connectivity index (χ4n) is 3.23. The molecule has 0 saturated heterocycles. The molecular formula is C22H19ClF2N6O3. The maximum Gasteiger partial charge on any atom is 0.326 e. The number of ether oxygens (including phenoxy) is 1. The summed E-state index contributed by atoms with van der Waals surface area (Å²) in [5.74, 6) is -2.36. The average molecular weight is 489 g/mol. The van der Waals surface area contributed by atoms with Gasteiger partial charge in [0.2, 0.25) is 5.91 Å². The van der Waals surface area contributed by atoms with Crippen molar-refractivity contribution in [1.82, 2.24) is 25.1 Å². The Labute approximate surface area is 197 Å². The van der Waals surface area contributed by atoms with Crippen LogP contribution in [0.4, 0.5) is 14.6 Å². The number of hydrogen-bond donors (Lipinski definition) is 3. The first-order valence-corrected chi connectivity index (χ1v) is 10.4. The van der Waals surface area contributed by atoms with Gasteiger partial charge in [-0.1, -0.05) is 29.8 Å². The van der Waals surface area contributed by atoms with Crippen molar-refractivity contribution < 1.29 is 23.4 Å². The van der Waals surface area contributed by atoms with Gasteiger partial charge < -0.3 is 20.1 Å². The van der Waals surface area contributed by atoms with Crippen LogP contribution in [0, 0.1) is 11.6 Å². The van der Waals surface area contributed by atoms with Gasteiger partial charge in [0, 0.05) is 30.7 Å². The molecule has 176 valence electrons. The first kappa shape index (κ1) is 23.3. The van der Waals surface area contributed by atoms with Gasteiger partial charge in [-0.3, -0.25) is 9.89 Å². The highest BCUT2D eigenvalue weighted by Crippen LogP contribution is 2.36. The Balaban J connectivity index is 1.85. The largest absolute Gasteiger partial charge is 0.421 e.